The van der Waals surface area contributed by atoms with Crippen LogP contribution >= 0.6 is 0 Å². The van der Waals surface area contributed by atoms with Crippen molar-refractivity contribution in [2.24, 2.45) is 5.73 Å². The van der Waals surface area contributed by atoms with Crippen LogP contribution in [0.1, 0.15) is 34.6 Å². The average molecular weight is 507 g/mol. The molecule has 0 bridgehead atoms. The molecule has 1 heterocycles. The highest BCUT2D eigenvalue weighted by Crippen LogP contribution is 2.27. The molecule has 0 amide bonds. The summed E-state index contributed by atoms with van der Waals surface area (Å²) in [7, 11) is 0. The van der Waals surface area contributed by atoms with Crippen LogP contribution in [-0.2, 0) is 11.2 Å². The van der Waals surface area contributed by atoms with Gasteiger partial charge in [0.25, 0.3) is 0 Å². The van der Waals surface area contributed by atoms with Crippen LogP contribution in [0.15, 0.2) is 91.0 Å². The molecule has 0 aromatic heterocycles. The highest BCUT2D eigenvalue weighted by molar-refractivity contribution is 5.99. The van der Waals surface area contributed by atoms with Crippen molar-refractivity contribution in [1.82, 2.24) is 4.90 Å². The first-order chi connectivity index (χ1) is 18.4. The lowest BCUT2D eigenvalue weighted by Gasteiger charge is -2.20. The molecular formula is C31H30N4O3. The van der Waals surface area contributed by atoms with Gasteiger partial charge in [-0.25, -0.2) is 0 Å². The summed E-state index contributed by atoms with van der Waals surface area (Å²) in [5.74, 6) is -0.392. The Morgan fingerprint density at radius 3 is 2.39 bits per heavy atom. The number of nitrogens with two attached hydrogens (primary N) is 1. The third-order valence-corrected chi connectivity index (χ3v) is 7.05. The zero-order chi connectivity index (χ0) is 26.6. The molecule has 7 nitrogen and oxygen atoms in total. The molecule has 1 unspecified atom stereocenters. The van der Waals surface area contributed by atoms with E-state index in [1.807, 2.05) is 95.9 Å². The SMILES string of the molecule is N=C(N)c1ccc2ccc(CC(C(=O)O)c3ccc(O[C@H]4CCN(C(=N)c5ccccc5)C4)cc3)cc2c1. The number of ether oxygens (including phenoxy) is 1. The van der Waals surface area contributed by atoms with Gasteiger partial charge in [0, 0.05) is 24.1 Å². The van der Waals surface area contributed by atoms with E-state index in [9.17, 15) is 9.90 Å². The Labute approximate surface area is 221 Å². The Morgan fingerprint density at radius 2 is 1.68 bits per heavy atom. The lowest BCUT2D eigenvalue weighted by atomic mass is 9.91. The van der Waals surface area contributed by atoms with Crippen molar-refractivity contribution in [2.45, 2.75) is 24.9 Å². The minimum Gasteiger partial charge on any atom is -0.489 e. The number of nitrogen functional groups attached to an aromatic ring is 1. The molecule has 1 aliphatic rings. The van der Waals surface area contributed by atoms with E-state index < -0.39 is 11.9 Å². The van der Waals surface area contributed by atoms with Crippen LogP contribution < -0.4 is 10.5 Å². The maximum atomic E-state index is 12.2. The summed E-state index contributed by atoms with van der Waals surface area (Å²) < 4.78 is 6.17. The number of carboxylic acid groups (broad SMARTS) is 1. The lowest BCUT2D eigenvalue weighted by Crippen LogP contribution is -2.30. The minimum atomic E-state index is -0.887. The van der Waals surface area contributed by atoms with E-state index in [0.717, 1.165) is 34.9 Å². The molecule has 1 fully saturated rings. The van der Waals surface area contributed by atoms with Crippen LogP contribution in [-0.4, -0.2) is 46.8 Å². The quantitative estimate of drug-likeness (QED) is 0.198. The number of rotatable bonds is 8. The highest BCUT2D eigenvalue weighted by Gasteiger charge is 2.27. The second-order valence-corrected chi connectivity index (χ2v) is 9.66. The molecule has 7 heteroatoms. The molecule has 4 aromatic carbocycles. The topological polar surface area (TPSA) is 123 Å². The fourth-order valence-electron chi connectivity index (χ4n) is 4.95. The molecule has 0 radical (unpaired) electrons. The molecule has 5 rings (SSSR count). The molecule has 192 valence electrons. The molecular weight excluding hydrogens is 476 g/mol. The van der Waals surface area contributed by atoms with Crippen LogP contribution in [0.2, 0.25) is 0 Å². The number of hydrogen-bond donors (Lipinski definition) is 4. The summed E-state index contributed by atoms with van der Waals surface area (Å²) in [6, 6.07) is 28.5. The van der Waals surface area contributed by atoms with Gasteiger partial charge in [-0.3, -0.25) is 15.6 Å². The summed E-state index contributed by atoms with van der Waals surface area (Å²) in [5.41, 5.74) is 8.77. The molecule has 2 atom stereocenters. The number of fused-ring (bicyclic) bond motifs is 1. The van der Waals surface area contributed by atoms with E-state index in [1.54, 1.807) is 0 Å². The standard InChI is InChI=1S/C31H30N4O3/c32-29(33)24-9-8-21-7-6-20(16-25(21)18-24)17-28(31(36)37)22-10-12-26(13-11-22)38-27-14-15-35(19-27)30(34)23-4-2-1-3-5-23/h1-13,16,18,27-28,34H,14-15,17,19H2,(H3,32,33)(H,36,37)/t27-,28?/m0/s1. The molecule has 0 aliphatic carbocycles. The molecule has 0 saturated carbocycles. The first-order valence-electron chi connectivity index (χ1n) is 12.6. The van der Waals surface area contributed by atoms with Gasteiger partial charge in [0.05, 0.1) is 12.5 Å². The largest absolute Gasteiger partial charge is 0.489 e. The van der Waals surface area contributed by atoms with E-state index in [4.69, 9.17) is 21.3 Å². The van der Waals surface area contributed by atoms with Crippen molar-refractivity contribution in [3.63, 3.8) is 0 Å². The van der Waals surface area contributed by atoms with Crippen LogP contribution in [0.5, 0.6) is 5.75 Å². The number of carbonyl (C=O) groups is 1. The van der Waals surface area contributed by atoms with Gasteiger partial charge < -0.3 is 20.5 Å². The predicted molar refractivity (Wildman–Crippen MR) is 149 cm³/mol. The number of aliphatic carboxylic acids is 1. The Balaban J connectivity index is 1.25. The molecule has 1 aliphatic heterocycles. The number of likely N-dealkylation sites (tertiary alicyclic amines) is 1. The van der Waals surface area contributed by atoms with Crippen molar-refractivity contribution in [3.05, 3.63) is 113 Å². The van der Waals surface area contributed by atoms with Crippen LogP contribution in [0.25, 0.3) is 10.8 Å². The van der Waals surface area contributed by atoms with Crippen molar-refractivity contribution < 1.29 is 14.6 Å². The molecule has 4 aromatic rings. The van der Waals surface area contributed by atoms with Gasteiger partial charge in [-0.05, 0) is 46.5 Å². The van der Waals surface area contributed by atoms with E-state index >= 15 is 0 Å². The summed E-state index contributed by atoms with van der Waals surface area (Å²) in [6.07, 6.45) is 1.13. The molecule has 0 spiro atoms. The molecule has 5 N–H and O–H groups in total. The van der Waals surface area contributed by atoms with Gasteiger partial charge in [-0.2, -0.15) is 0 Å². The summed E-state index contributed by atoms with van der Waals surface area (Å²) in [6.45, 7) is 1.40. The van der Waals surface area contributed by atoms with Gasteiger partial charge in [-0.15, -0.1) is 0 Å². The summed E-state index contributed by atoms with van der Waals surface area (Å²) in [4.78, 5) is 14.2. The predicted octanol–water partition coefficient (Wildman–Crippen LogP) is 5.01. The second kappa shape index (κ2) is 10.8. The first kappa shape index (κ1) is 25.0. The number of nitrogens with one attached hydrogen (secondary N) is 2. The maximum Gasteiger partial charge on any atom is 0.311 e. The number of hydrogen-bond acceptors (Lipinski definition) is 4. The third kappa shape index (κ3) is 5.52. The smallest absolute Gasteiger partial charge is 0.311 e. The van der Waals surface area contributed by atoms with E-state index in [-0.39, 0.29) is 11.9 Å². The van der Waals surface area contributed by atoms with Crippen LogP contribution in [0, 0.1) is 10.8 Å². The number of nitrogens with zero attached hydrogens (tertiary/aromatic N) is 1. The maximum absolute atomic E-state index is 12.2. The van der Waals surface area contributed by atoms with Gasteiger partial charge >= 0.3 is 5.97 Å². The summed E-state index contributed by atoms with van der Waals surface area (Å²) >= 11 is 0. The van der Waals surface area contributed by atoms with Crippen molar-refractivity contribution in [3.8, 4) is 5.75 Å². The Kier molecular flexibility index (Phi) is 7.09. The summed E-state index contributed by atoms with van der Waals surface area (Å²) in [5, 5.41) is 28.1. The number of amidine groups is 2. The van der Waals surface area contributed by atoms with Gasteiger partial charge in [0.2, 0.25) is 0 Å². The number of benzene rings is 4. The first-order valence-corrected chi connectivity index (χ1v) is 12.6. The average Bonchev–Trinajstić information content (AvgIpc) is 3.40. The monoisotopic (exact) mass is 506 g/mol. The van der Waals surface area contributed by atoms with Gasteiger partial charge in [0.15, 0.2) is 0 Å². The Bertz CT molecular complexity index is 1480. The second-order valence-electron chi connectivity index (χ2n) is 9.66. The normalized spacial score (nSPS) is 15.8. The fourth-order valence-corrected chi connectivity index (χ4v) is 4.95. The highest BCUT2D eigenvalue weighted by atomic mass is 16.5. The Hall–Kier alpha value is -4.65. The third-order valence-electron chi connectivity index (χ3n) is 7.05. The van der Waals surface area contributed by atoms with Crippen LogP contribution in [0.4, 0.5) is 0 Å². The Morgan fingerprint density at radius 1 is 0.947 bits per heavy atom. The zero-order valence-electron chi connectivity index (χ0n) is 20.9. The van der Waals surface area contributed by atoms with Crippen molar-refractivity contribution in [1.29, 1.82) is 10.8 Å². The van der Waals surface area contributed by atoms with Crippen LogP contribution in [0.3, 0.4) is 0 Å². The van der Waals surface area contributed by atoms with E-state index in [1.165, 1.54) is 0 Å². The lowest BCUT2D eigenvalue weighted by molar-refractivity contribution is -0.138. The zero-order valence-corrected chi connectivity index (χ0v) is 20.9. The fraction of sp³-hybridized carbons (Fsp3) is 0.194. The van der Waals surface area contributed by atoms with Crippen molar-refractivity contribution >= 4 is 28.4 Å². The molecule has 38 heavy (non-hydrogen) atoms. The van der Waals surface area contributed by atoms with Gasteiger partial charge in [0.1, 0.15) is 23.5 Å². The molecule has 1 saturated heterocycles. The van der Waals surface area contributed by atoms with Gasteiger partial charge in [-0.1, -0.05) is 72.8 Å². The van der Waals surface area contributed by atoms with E-state index in [0.29, 0.717) is 35.7 Å². The van der Waals surface area contributed by atoms with Crippen molar-refractivity contribution in [2.75, 3.05) is 13.1 Å². The minimum absolute atomic E-state index is 0.00259. The van der Waals surface area contributed by atoms with E-state index in [2.05, 4.69) is 0 Å². The number of carboxylic acids is 1.